The number of rotatable bonds is 2. The number of nitrogens with one attached hydrogen (secondary N) is 1. The van der Waals surface area contributed by atoms with Crippen LogP contribution in [0.4, 0.5) is 5.69 Å². The zero-order valence-electron chi connectivity index (χ0n) is 8.04. The number of benzene rings is 1. The van der Waals surface area contributed by atoms with E-state index in [9.17, 15) is 4.79 Å². The molecule has 1 aromatic carbocycles. The van der Waals surface area contributed by atoms with Gasteiger partial charge in [0.1, 0.15) is 0 Å². The molecular formula is C11H7Cl2NOS. The largest absolute Gasteiger partial charge is 0.321 e. The standard InChI is InChI=1S/C11H7Cl2NOS/c12-8-1-2-9(13)10(5-8)14-11(15)7-3-4-16-6-7/h1-6H,(H,14,15). The van der Waals surface area contributed by atoms with Crippen molar-refractivity contribution in [1.29, 1.82) is 0 Å². The molecule has 1 aromatic heterocycles. The second-order valence-electron chi connectivity index (χ2n) is 3.09. The van der Waals surface area contributed by atoms with E-state index in [1.165, 1.54) is 11.3 Å². The molecule has 0 aliphatic heterocycles. The Bertz CT molecular complexity index is 511. The molecule has 0 saturated carbocycles. The van der Waals surface area contributed by atoms with Gasteiger partial charge in [0.25, 0.3) is 5.91 Å². The maximum atomic E-state index is 11.7. The number of carbonyl (C=O) groups excluding carboxylic acids is 1. The Morgan fingerprint density at radius 2 is 2.06 bits per heavy atom. The molecule has 0 radical (unpaired) electrons. The molecule has 0 saturated heterocycles. The van der Waals surface area contributed by atoms with Crippen molar-refractivity contribution in [2.24, 2.45) is 0 Å². The van der Waals surface area contributed by atoms with Gasteiger partial charge in [-0.05, 0) is 29.6 Å². The van der Waals surface area contributed by atoms with E-state index < -0.39 is 0 Å². The van der Waals surface area contributed by atoms with E-state index >= 15 is 0 Å². The van der Waals surface area contributed by atoms with Gasteiger partial charge in [0.2, 0.25) is 0 Å². The van der Waals surface area contributed by atoms with Gasteiger partial charge in [-0.15, -0.1) is 0 Å². The number of hydrogen-bond donors (Lipinski definition) is 1. The molecule has 0 bridgehead atoms. The Hall–Kier alpha value is -1.03. The molecule has 2 nitrogen and oxygen atoms in total. The Morgan fingerprint density at radius 1 is 1.25 bits per heavy atom. The van der Waals surface area contributed by atoms with Crippen LogP contribution in [-0.4, -0.2) is 5.91 Å². The summed E-state index contributed by atoms with van der Waals surface area (Å²) in [5.41, 5.74) is 1.13. The molecule has 1 N–H and O–H groups in total. The first kappa shape index (κ1) is 11.5. The molecule has 0 aliphatic rings. The van der Waals surface area contributed by atoms with Crippen molar-refractivity contribution in [3.05, 3.63) is 50.6 Å². The molecule has 2 rings (SSSR count). The normalized spacial score (nSPS) is 10.1. The second-order valence-corrected chi connectivity index (χ2v) is 4.71. The molecule has 82 valence electrons. The van der Waals surface area contributed by atoms with Gasteiger partial charge in [0, 0.05) is 10.4 Å². The number of carbonyl (C=O) groups is 1. The topological polar surface area (TPSA) is 29.1 Å². The van der Waals surface area contributed by atoms with Gasteiger partial charge in [-0.25, -0.2) is 0 Å². The summed E-state index contributed by atoms with van der Waals surface area (Å²) in [4.78, 5) is 11.7. The average molecular weight is 272 g/mol. The van der Waals surface area contributed by atoms with Gasteiger partial charge < -0.3 is 5.32 Å². The van der Waals surface area contributed by atoms with Crippen molar-refractivity contribution < 1.29 is 4.79 Å². The highest BCUT2D eigenvalue weighted by Crippen LogP contribution is 2.26. The summed E-state index contributed by atoms with van der Waals surface area (Å²) in [7, 11) is 0. The number of thiophene rings is 1. The smallest absolute Gasteiger partial charge is 0.256 e. The SMILES string of the molecule is O=C(Nc1cc(Cl)ccc1Cl)c1ccsc1. The van der Waals surface area contributed by atoms with Crippen LogP contribution in [0.15, 0.2) is 35.0 Å². The van der Waals surface area contributed by atoms with Crippen LogP contribution < -0.4 is 5.32 Å². The monoisotopic (exact) mass is 271 g/mol. The molecule has 0 spiro atoms. The zero-order valence-corrected chi connectivity index (χ0v) is 10.4. The minimum absolute atomic E-state index is 0.189. The lowest BCUT2D eigenvalue weighted by molar-refractivity contribution is 0.102. The van der Waals surface area contributed by atoms with E-state index in [-0.39, 0.29) is 5.91 Å². The lowest BCUT2D eigenvalue weighted by Crippen LogP contribution is -2.11. The number of anilines is 1. The van der Waals surface area contributed by atoms with E-state index in [0.717, 1.165) is 0 Å². The van der Waals surface area contributed by atoms with Gasteiger partial charge in [-0.3, -0.25) is 4.79 Å². The lowest BCUT2D eigenvalue weighted by Gasteiger charge is -2.06. The quantitative estimate of drug-likeness (QED) is 0.867. The number of halogens is 2. The molecule has 1 amide bonds. The predicted octanol–water partition coefficient (Wildman–Crippen LogP) is 4.31. The first-order valence-electron chi connectivity index (χ1n) is 4.45. The van der Waals surface area contributed by atoms with E-state index in [1.807, 2.05) is 5.38 Å². The van der Waals surface area contributed by atoms with Crippen LogP contribution in [0.3, 0.4) is 0 Å². The molecule has 5 heteroatoms. The number of amides is 1. The Morgan fingerprint density at radius 3 is 2.75 bits per heavy atom. The highest BCUT2D eigenvalue weighted by molar-refractivity contribution is 7.08. The minimum atomic E-state index is -0.189. The summed E-state index contributed by atoms with van der Waals surface area (Å²) >= 11 is 13.2. The molecule has 1 heterocycles. The fraction of sp³-hybridized carbons (Fsp3) is 0. The fourth-order valence-corrected chi connectivity index (χ4v) is 2.15. The summed E-state index contributed by atoms with van der Waals surface area (Å²) in [6.45, 7) is 0. The van der Waals surface area contributed by atoms with Crippen LogP contribution >= 0.6 is 34.5 Å². The minimum Gasteiger partial charge on any atom is -0.321 e. The average Bonchev–Trinajstić information content (AvgIpc) is 2.76. The Kier molecular flexibility index (Phi) is 3.49. The van der Waals surface area contributed by atoms with Gasteiger partial charge >= 0.3 is 0 Å². The molecular weight excluding hydrogens is 265 g/mol. The van der Waals surface area contributed by atoms with Gasteiger partial charge in [0.05, 0.1) is 16.3 Å². The fourth-order valence-electron chi connectivity index (χ4n) is 1.18. The van der Waals surface area contributed by atoms with Crippen molar-refractivity contribution in [2.45, 2.75) is 0 Å². The maximum Gasteiger partial charge on any atom is 0.256 e. The van der Waals surface area contributed by atoms with Crippen molar-refractivity contribution in [2.75, 3.05) is 5.32 Å². The summed E-state index contributed by atoms with van der Waals surface area (Å²) in [5, 5.41) is 7.32. The highest BCUT2D eigenvalue weighted by Gasteiger charge is 2.08. The van der Waals surface area contributed by atoms with Crippen molar-refractivity contribution >= 4 is 46.1 Å². The van der Waals surface area contributed by atoms with Crippen molar-refractivity contribution in [3.63, 3.8) is 0 Å². The third-order valence-corrected chi connectivity index (χ3v) is 3.21. The second kappa shape index (κ2) is 4.87. The highest BCUT2D eigenvalue weighted by atomic mass is 35.5. The van der Waals surface area contributed by atoms with E-state index in [4.69, 9.17) is 23.2 Å². The third kappa shape index (κ3) is 2.55. The summed E-state index contributed by atoms with van der Waals surface area (Å²) < 4.78 is 0. The van der Waals surface area contributed by atoms with E-state index in [0.29, 0.717) is 21.3 Å². The molecule has 16 heavy (non-hydrogen) atoms. The van der Waals surface area contributed by atoms with Gasteiger partial charge in [0.15, 0.2) is 0 Å². The molecule has 2 aromatic rings. The van der Waals surface area contributed by atoms with Crippen LogP contribution in [0.5, 0.6) is 0 Å². The molecule has 0 fully saturated rings. The van der Waals surface area contributed by atoms with Crippen LogP contribution in [0.2, 0.25) is 10.0 Å². The van der Waals surface area contributed by atoms with Gasteiger partial charge in [-0.2, -0.15) is 11.3 Å². The van der Waals surface area contributed by atoms with Crippen LogP contribution in [0, 0.1) is 0 Å². The summed E-state index contributed by atoms with van der Waals surface area (Å²) in [6.07, 6.45) is 0. The Labute approximate surface area is 107 Å². The van der Waals surface area contributed by atoms with Crippen molar-refractivity contribution in [3.8, 4) is 0 Å². The van der Waals surface area contributed by atoms with Crippen LogP contribution in [-0.2, 0) is 0 Å². The predicted molar refractivity (Wildman–Crippen MR) is 68.7 cm³/mol. The van der Waals surface area contributed by atoms with Crippen LogP contribution in [0.1, 0.15) is 10.4 Å². The first-order chi connectivity index (χ1) is 7.66. The van der Waals surface area contributed by atoms with Crippen molar-refractivity contribution in [1.82, 2.24) is 0 Å². The van der Waals surface area contributed by atoms with E-state index in [1.54, 1.807) is 29.6 Å². The van der Waals surface area contributed by atoms with E-state index in [2.05, 4.69) is 5.32 Å². The Balaban J connectivity index is 2.21. The lowest BCUT2D eigenvalue weighted by atomic mass is 10.3. The zero-order chi connectivity index (χ0) is 11.5. The third-order valence-electron chi connectivity index (χ3n) is 1.96. The summed E-state index contributed by atoms with van der Waals surface area (Å²) in [5.74, 6) is -0.189. The maximum absolute atomic E-state index is 11.7. The van der Waals surface area contributed by atoms with Gasteiger partial charge in [-0.1, -0.05) is 23.2 Å². The molecule has 0 aliphatic carbocycles. The number of hydrogen-bond acceptors (Lipinski definition) is 2. The first-order valence-corrected chi connectivity index (χ1v) is 6.15. The van der Waals surface area contributed by atoms with Crippen LogP contribution in [0.25, 0.3) is 0 Å². The molecule has 0 atom stereocenters. The summed E-state index contributed by atoms with van der Waals surface area (Å²) in [6, 6.07) is 6.68. The molecule has 0 unspecified atom stereocenters.